The van der Waals surface area contributed by atoms with Crippen LogP contribution in [0.5, 0.6) is 5.75 Å². The van der Waals surface area contributed by atoms with Gasteiger partial charge in [-0.15, -0.1) is 0 Å². The van der Waals surface area contributed by atoms with E-state index in [1.165, 1.54) is 35.6 Å². The van der Waals surface area contributed by atoms with Crippen molar-refractivity contribution in [1.82, 2.24) is 5.32 Å². The van der Waals surface area contributed by atoms with E-state index in [1.807, 2.05) is 0 Å². The molecule has 0 heterocycles. The average Bonchev–Trinajstić information content (AvgIpc) is 2.53. The lowest BCUT2D eigenvalue weighted by Crippen LogP contribution is -2.22. The van der Waals surface area contributed by atoms with Crippen molar-refractivity contribution in [2.45, 2.75) is 59.0 Å². The fourth-order valence-electron chi connectivity index (χ4n) is 2.65. The maximum atomic E-state index is 6.08. The second-order valence-corrected chi connectivity index (χ2v) is 6.21. The van der Waals surface area contributed by atoms with Gasteiger partial charge in [-0.25, -0.2) is 0 Å². The van der Waals surface area contributed by atoms with Crippen molar-refractivity contribution < 1.29 is 4.74 Å². The summed E-state index contributed by atoms with van der Waals surface area (Å²) in [5, 5.41) is 6.10. The first-order valence-corrected chi connectivity index (χ1v) is 8.59. The first-order chi connectivity index (χ1) is 10.7. The molecule has 0 saturated heterocycles. The number of fused-ring (bicyclic) bond motifs is 1. The van der Waals surface area contributed by atoms with E-state index in [4.69, 9.17) is 4.74 Å². The standard InChI is InChI=1S/C20H29NO/c1-4-5-6-9-14-22-20-13-12-17-10-7-8-11-18(17)19(20)15-21-16(2)3/h7-8,10-13,16,21H,4-6,9,14-15H2,1-3H3. The topological polar surface area (TPSA) is 21.3 Å². The summed E-state index contributed by atoms with van der Waals surface area (Å²) in [5.74, 6) is 1.03. The minimum Gasteiger partial charge on any atom is -0.493 e. The molecule has 120 valence electrons. The molecule has 2 heteroatoms. The van der Waals surface area contributed by atoms with Gasteiger partial charge in [-0.1, -0.05) is 70.4 Å². The molecule has 2 aromatic rings. The third kappa shape index (κ3) is 4.74. The molecule has 0 saturated carbocycles. The Morgan fingerprint density at radius 3 is 2.59 bits per heavy atom. The van der Waals surface area contributed by atoms with Gasteiger partial charge in [-0.2, -0.15) is 0 Å². The molecule has 0 fully saturated rings. The molecule has 2 rings (SSSR count). The van der Waals surface area contributed by atoms with Crippen LogP contribution in [0.2, 0.25) is 0 Å². The van der Waals surface area contributed by atoms with E-state index in [0.29, 0.717) is 6.04 Å². The van der Waals surface area contributed by atoms with Gasteiger partial charge in [0.15, 0.2) is 0 Å². The molecule has 0 bridgehead atoms. The van der Waals surface area contributed by atoms with Gasteiger partial charge in [0.2, 0.25) is 0 Å². The normalized spacial score (nSPS) is 11.3. The SMILES string of the molecule is CCCCCCOc1ccc2ccccc2c1CNC(C)C. The molecule has 0 aromatic heterocycles. The van der Waals surface area contributed by atoms with E-state index in [9.17, 15) is 0 Å². The van der Waals surface area contributed by atoms with Crippen LogP contribution in [0.4, 0.5) is 0 Å². The van der Waals surface area contributed by atoms with E-state index in [0.717, 1.165) is 25.3 Å². The number of nitrogens with one attached hydrogen (secondary N) is 1. The number of unbranched alkanes of at least 4 members (excludes halogenated alkanes) is 3. The van der Waals surface area contributed by atoms with Crippen LogP contribution in [0.15, 0.2) is 36.4 Å². The van der Waals surface area contributed by atoms with E-state index < -0.39 is 0 Å². The fraction of sp³-hybridized carbons (Fsp3) is 0.500. The van der Waals surface area contributed by atoms with Crippen LogP contribution in [-0.2, 0) is 6.54 Å². The van der Waals surface area contributed by atoms with Gasteiger partial charge in [0.25, 0.3) is 0 Å². The second kappa shape index (κ2) is 8.79. The largest absolute Gasteiger partial charge is 0.493 e. The number of benzene rings is 2. The van der Waals surface area contributed by atoms with E-state index in [1.54, 1.807) is 0 Å². The van der Waals surface area contributed by atoms with Gasteiger partial charge >= 0.3 is 0 Å². The predicted molar refractivity (Wildman–Crippen MR) is 95.6 cm³/mol. The molecule has 22 heavy (non-hydrogen) atoms. The van der Waals surface area contributed by atoms with Gasteiger partial charge < -0.3 is 10.1 Å². The molecule has 2 nitrogen and oxygen atoms in total. The number of rotatable bonds is 9. The lowest BCUT2D eigenvalue weighted by Gasteiger charge is -2.16. The molecule has 0 aliphatic rings. The van der Waals surface area contributed by atoms with Crippen molar-refractivity contribution in [3.05, 3.63) is 42.0 Å². The Bertz CT molecular complexity index is 577. The van der Waals surface area contributed by atoms with Crippen molar-refractivity contribution in [2.24, 2.45) is 0 Å². The average molecular weight is 299 g/mol. The van der Waals surface area contributed by atoms with Crippen LogP contribution in [0.25, 0.3) is 10.8 Å². The van der Waals surface area contributed by atoms with Gasteiger partial charge in [-0.05, 0) is 23.3 Å². The summed E-state index contributed by atoms with van der Waals surface area (Å²) in [4.78, 5) is 0. The molecule has 0 unspecified atom stereocenters. The molecule has 0 aliphatic heterocycles. The highest BCUT2D eigenvalue weighted by molar-refractivity contribution is 5.87. The van der Waals surface area contributed by atoms with Crippen molar-refractivity contribution in [3.63, 3.8) is 0 Å². The highest BCUT2D eigenvalue weighted by atomic mass is 16.5. The first kappa shape index (κ1) is 16.8. The molecular weight excluding hydrogens is 270 g/mol. The van der Waals surface area contributed by atoms with Crippen LogP contribution in [0, 0.1) is 0 Å². The van der Waals surface area contributed by atoms with Crippen LogP contribution in [0.3, 0.4) is 0 Å². The first-order valence-electron chi connectivity index (χ1n) is 8.59. The summed E-state index contributed by atoms with van der Waals surface area (Å²) in [6.07, 6.45) is 4.95. The predicted octanol–water partition coefficient (Wildman–Crippen LogP) is 5.30. The van der Waals surface area contributed by atoms with Crippen LogP contribution >= 0.6 is 0 Å². The zero-order chi connectivity index (χ0) is 15.8. The Hall–Kier alpha value is -1.54. The van der Waals surface area contributed by atoms with E-state index >= 15 is 0 Å². The molecule has 0 atom stereocenters. The molecular formula is C20H29NO. The zero-order valence-electron chi connectivity index (χ0n) is 14.2. The van der Waals surface area contributed by atoms with E-state index in [2.05, 4.69) is 62.5 Å². The quantitative estimate of drug-likeness (QED) is 0.635. The molecule has 1 N–H and O–H groups in total. The smallest absolute Gasteiger partial charge is 0.124 e. The highest BCUT2D eigenvalue weighted by Crippen LogP contribution is 2.28. The van der Waals surface area contributed by atoms with Gasteiger partial charge in [0.05, 0.1) is 6.61 Å². The monoisotopic (exact) mass is 299 g/mol. The summed E-state index contributed by atoms with van der Waals surface area (Å²) >= 11 is 0. The van der Waals surface area contributed by atoms with Gasteiger partial charge in [-0.3, -0.25) is 0 Å². The summed E-state index contributed by atoms with van der Waals surface area (Å²) in [6, 6.07) is 13.3. The Balaban J connectivity index is 2.14. The lowest BCUT2D eigenvalue weighted by molar-refractivity contribution is 0.301. The minimum atomic E-state index is 0.469. The van der Waals surface area contributed by atoms with Crippen molar-refractivity contribution >= 4 is 10.8 Å². The number of hydrogen-bond donors (Lipinski definition) is 1. The van der Waals surface area contributed by atoms with Crippen LogP contribution < -0.4 is 10.1 Å². The Kier molecular flexibility index (Phi) is 6.73. The summed E-state index contributed by atoms with van der Waals surface area (Å²) in [5.41, 5.74) is 1.28. The zero-order valence-corrected chi connectivity index (χ0v) is 14.2. The maximum absolute atomic E-state index is 6.08. The molecule has 0 spiro atoms. The number of hydrogen-bond acceptors (Lipinski definition) is 2. The lowest BCUT2D eigenvalue weighted by atomic mass is 10.0. The second-order valence-electron chi connectivity index (χ2n) is 6.21. The Labute approximate surface area is 134 Å². The fourth-order valence-corrected chi connectivity index (χ4v) is 2.65. The Morgan fingerprint density at radius 2 is 1.82 bits per heavy atom. The van der Waals surface area contributed by atoms with Crippen LogP contribution in [-0.4, -0.2) is 12.6 Å². The summed E-state index contributed by atoms with van der Waals surface area (Å²) in [6.45, 7) is 8.25. The molecule has 0 radical (unpaired) electrons. The molecule has 2 aromatic carbocycles. The molecule has 0 aliphatic carbocycles. The van der Waals surface area contributed by atoms with Gasteiger partial charge in [0.1, 0.15) is 5.75 Å². The molecule has 0 amide bonds. The summed E-state index contributed by atoms with van der Waals surface area (Å²) in [7, 11) is 0. The van der Waals surface area contributed by atoms with Crippen LogP contribution in [0.1, 0.15) is 52.0 Å². The number of ether oxygens (including phenoxy) is 1. The van der Waals surface area contributed by atoms with Crippen molar-refractivity contribution in [1.29, 1.82) is 0 Å². The summed E-state index contributed by atoms with van der Waals surface area (Å²) < 4.78 is 6.08. The third-order valence-electron chi connectivity index (χ3n) is 3.94. The van der Waals surface area contributed by atoms with Gasteiger partial charge in [0, 0.05) is 18.2 Å². The van der Waals surface area contributed by atoms with Crippen molar-refractivity contribution in [3.8, 4) is 5.75 Å². The van der Waals surface area contributed by atoms with E-state index in [-0.39, 0.29) is 0 Å². The highest BCUT2D eigenvalue weighted by Gasteiger charge is 2.09. The minimum absolute atomic E-state index is 0.469. The Morgan fingerprint density at radius 1 is 1.00 bits per heavy atom. The maximum Gasteiger partial charge on any atom is 0.124 e. The van der Waals surface area contributed by atoms with Crippen molar-refractivity contribution in [2.75, 3.05) is 6.61 Å². The third-order valence-corrected chi connectivity index (χ3v) is 3.94.